The van der Waals surface area contributed by atoms with Crippen LogP contribution in [0.3, 0.4) is 0 Å². The van der Waals surface area contributed by atoms with E-state index in [1.807, 2.05) is 45.9 Å². The molecule has 2 rings (SSSR count). The van der Waals surface area contributed by atoms with Gasteiger partial charge in [-0.15, -0.1) is 0 Å². The highest BCUT2D eigenvalue weighted by molar-refractivity contribution is 6.36. The molecule has 30 heavy (non-hydrogen) atoms. The minimum absolute atomic E-state index is 0.0116. The summed E-state index contributed by atoms with van der Waals surface area (Å²) in [4.78, 5) is 28.0. The normalized spacial score (nSPS) is 12.4. The van der Waals surface area contributed by atoms with Crippen molar-refractivity contribution in [1.29, 1.82) is 0 Å². The molecule has 1 N–H and O–H groups in total. The van der Waals surface area contributed by atoms with Crippen LogP contribution >= 0.6 is 34.8 Å². The molecule has 0 aliphatic heterocycles. The van der Waals surface area contributed by atoms with Gasteiger partial charge in [0.05, 0.1) is 6.42 Å². The molecular weight excluding hydrogens is 443 g/mol. The number of nitrogens with one attached hydrogen (secondary N) is 1. The number of amides is 2. The maximum Gasteiger partial charge on any atom is 0.243 e. The summed E-state index contributed by atoms with van der Waals surface area (Å²) in [6, 6.07) is 11.7. The van der Waals surface area contributed by atoms with Crippen LogP contribution < -0.4 is 5.32 Å². The Kier molecular flexibility index (Phi) is 8.60. The van der Waals surface area contributed by atoms with Gasteiger partial charge in [-0.25, -0.2) is 0 Å². The topological polar surface area (TPSA) is 49.4 Å². The van der Waals surface area contributed by atoms with Crippen LogP contribution in [0.4, 0.5) is 0 Å². The number of carbonyl (C=O) groups is 2. The van der Waals surface area contributed by atoms with Gasteiger partial charge in [0.1, 0.15) is 6.04 Å². The van der Waals surface area contributed by atoms with E-state index in [2.05, 4.69) is 5.32 Å². The van der Waals surface area contributed by atoms with E-state index in [0.717, 1.165) is 5.56 Å². The number of nitrogens with zero attached hydrogens (tertiary/aromatic N) is 1. The highest BCUT2D eigenvalue weighted by atomic mass is 35.5. The summed E-state index contributed by atoms with van der Waals surface area (Å²) in [5, 5.41) is 4.35. The molecule has 162 valence electrons. The standard InChI is InChI=1S/C23H27Cl3N2O2/c1-5-20(22(30)27-23(2,3)4)28(14-15-9-6-7-10-17(15)24)21(29)13-16-18(25)11-8-12-19(16)26/h6-12,20H,5,13-14H2,1-4H3,(H,27,30). The van der Waals surface area contributed by atoms with Gasteiger partial charge in [-0.1, -0.05) is 66.0 Å². The van der Waals surface area contributed by atoms with E-state index in [1.165, 1.54) is 0 Å². The van der Waals surface area contributed by atoms with Crippen LogP contribution in [0.15, 0.2) is 42.5 Å². The summed E-state index contributed by atoms with van der Waals surface area (Å²) < 4.78 is 0. The maximum atomic E-state index is 13.4. The van der Waals surface area contributed by atoms with Gasteiger partial charge in [-0.05, 0) is 56.5 Å². The third-order valence-electron chi connectivity index (χ3n) is 4.57. The first-order valence-corrected chi connectivity index (χ1v) is 10.9. The molecular formula is C23H27Cl3N2O2. The van der Waals surface area contributed by atoms with E-state index in [-0.39, 0.29) is 24.8 Å². The molecule has 0 spiro atoms. The fourth-order valence-corrected chi connectivity index (χ4v) is 3.86. The molecule has 0 aliphatic carbocycles. The Bertz CT molecular complexity index is 889. The molecule has 0 saturated heterocycles. The van der Waals surface area contributed by atoms with Gasteiger partial charge in [-0.3, -0.25) is 9.59 Å². The summed E-state index contributed by atoms with van der Waals surface area (Å²) in [7, 11) is 0. The van der Waals surface area contributed by atoms with E-state index in [0.29, 0.717) is 27.1 Å². The van der Waals surface area contributed by atoms with Crippen molar-refractivity contribution in [2.75, 3.05) is 0 Å². The molecule has 2 aromatic carbocycles. The van der Waals surface area contributed by atoms with Gasteiger partial charge in [0.25, 0.3) is 0 Å². The molecule has 0 fully saturated rings. The second-order valence-corrected chi connectivity index (χ2v) is 9.37. The first-order valence-electron chi connectivity index (χ1n) is 9.81. The predicted octanol–water partition coefficient (Wildman–Crippen LogP) is 5.91. The lowest BCUT2D eigenvalue weighted by Crippen LogP contribution is -2.53. The predicted molar refractivity (Wildman–Crippen MR) is 124 cm³/mol. The van der Waals surface area contributed by atoms with Crippen molar-refractivity contribution < 1.29 is 9.59 Å². The van der Waals surface area contributed by atoms with E-state index in [4.69, 9.17) is 34.8 Å². The summed E-state index contributed by atoms with van der Waals surface area (Å²) in [5.74, 6) is -0.462. The van der Waals surface area contributed by atoms with Crippen molar-refractivity contribution in [3.63, 3.8) is 0 Å². The number of benzene rings is 2. The average Bonchev–Trinajstić information content (AvgIpc) is 2.64. The lowest BCUT2D eigenvalue weighted by molar-refractivity contribution is -0.141. The third-order valence-corrected chi connectivity index (χ3v) is 5.65. The lowest BCUT2D eigenvalue weighted by Gasteiger charge is -2.33. The summed E-state index contributed by atoms with van der Waals surface area (Å²) in [6.45, 7) is 7.79. The molecule has 7 heteroatoms. The Balaban J connectivity index is 2.40. The van der Waals surface area contributed by atoms with Crippen LogP contribution in [0, 0.1) is 0 Å². The Labute approximate surface area is 193 Å². The lowest BCUT2D eigenvalue weighted by atomic mass is 10.0. The van der Waals surface area contributed by atoms with E-state index < -0.39 is 11.6 Å². The van der Waals surface area contributed by atoms with Crippen molar-refractivity contribution in [3.8, 4) is 0 Å². The minimum Gasteiger partial charge on any atom is -0.350 e. The molecule has 1 atom stereocenters. The first kappa shape index (κ1) is 24.5. The van der Waals surface area contributed by atoms with Gasteiger partial charge >= 0.3 is 0 Å². The average molecular weight is 470 g/mol. The van der Waals surface area contributed by atoms with Gasteiger partial charge in [-0.2, -0.15) is 0 Å². The van der Waals surface area contributed by atoms with E-state index in [1.54, 1.807) is 29.2 Å². The number of hydrogen-bond acceptors (Lipinski definition) is 2. The number of hydrogen-bond donors (Lipinski definition) is 1. The summed E-state index contributed by atoms with van der Waals surface area (Å²) in [6.07, 6.45) is 0.441. The van der Waals surface area contributed by atoms with Gasteiger partial charge in [0.15, 0.2) is 0 Å². The summed E-state index contributed by atoms with van der Waals surface area (Å²) in [5.41, 5.74) is 0.885. The molecule has 4 nitrogen and oxygen atoms in total. The largest absolute Gasteiger partial charge is 0.350 e. The molecule has 0 aliphatic rings. The van der Waals surface area contributed by atoms with Crippen LogP contribution in [0.5, 0.6) is 0 Å². The number of halogens is 3. The Morgan fingerprint density at radius 2 is 1.53 bits per heavy atom. The Morgan fingerprint density at radius 1 is 0.967 bits per heavy atom. The van der Waals surface area contributed by atoms with Crippen molar-refractivity contribution in [2.45, 2.75) is 58.7 Å². The second-order valence-electron chi connectivity index (χ2n) is 8.15. The fourth-order valence-electron chi connectivity index (χ4n) is 3.14. The third kappa shape index (κ3) is 6.63. The highest BCUT2D eigenvalue weighted by Crippen LogP contribution is 2.27. The van der Waals surface area contributed by atoms with E-state index in [9.17, 15) is 9.59 Å². The molecule has 0 saturated carbocycles. The van der Waals surface area contributed by atoms with Gasteiger partial charge in [0, 0.05) is 27.2 Å². The molecule has 1 unspecified atom stereocenters. The quantitative estimate of drug-likeness (QED) is 0.548. The minimum atomic E-state index is -0.658. The van der Waals surface area contributed by atoms with Gasteiger partial charge < -0.3 is 10.2 Å². The van der Waals surface area contributed by atoms with Crippen molar-refractivity contribution in [2.24, 2.45) is 0 Å². The maximum absolute atomic E-state index is 13.4. The second kappa shape index (κ2) is 10.5. The molecule has 0 bridgehead atoms. The zero-order valence-electron chi connectivity index (χ0n) is 17.6. The smallest absolute Gasteiger partial charge is 0.243 e. The van der Waals surface area contributed by atoms with Crippen LogP contribution in [0.25, 0.3) is 0 Å². The van der Waals surface area contributed by atoms with Crippen LogP contribution in [0.2, 0.25) is 15.1 Å². The van der Waals surface area contributed by atoms with Crippen LogP contribution in [0.1, 0.15) is 45.2 Å². The molecule has 0 aromatic heterocycles. The van der Waals surface area contributed by atoms with Crippen molar-refractivity contribution in [3.05, 3.63) is 68.7 Å². The van der Waals surface area contributed by atoms with Crippen molar-refractivity contribution >= 4 is 46.6 Å². The molecule has 0 radical (unpaired) electrons. The molecule has 2 amide bonds. The summed E-state index contributed by atoms with van der Waals surface area (Å²) >= 11 is 18.9. The fraction of sp³-hybridized carbons (Fsp3) is 0.391. The Morgan fingerprint density at radius 3 is 2.07 bits per heavy atom. The molecule has 0 heterocycles. The Hall–Kier alpha value is -1.75. The van der Waals surface area contributed by atoms with Crippen molar-refractivity contribution in [1.82, 2.24) is 10.2 Å². The van der Waals surface area contributed by atoms with E-state index >= 15 is 0 Å². The highest BCUT2D eigenvalue weighted by Gasteiger charge is 2.31. The monoisotopic (exact) mass is 468 g/mol. The zero-order chi connectivity index (χ0) is 22.5. The first-order chi connectivity index (χ1) is 14.0. The van der Waals surface area contributed by atoms with Crippen LogP contribution in [-0.4, -0.2) is 28.3 Å². The zero-order valence-corrected chi connectivity index (χ0v) is 19.9. The van der Waals surface area contributed by atoms with Crippen LogP contribution in [-0.2, 0) is 22.6 Å². The molecule has 2 aromatic rings. The van der Waals surface area contributed by atoms with Gasteiger partial charge in [0.2, 0.25) is 11.8 Å². The number of rotatable bonds is 7. The SMILES string of the molecule is CCC(C(=O)NC(C)(C)C)N(Cc1ccccc1Cl)C(=O)Cc1c(Cl)cccc1Cl. The number of carbonyl (C=O) groups excluding carboxylic acids is 2.